The smallest absolute Gasteiger partial charge is 0.171 e. The van der Waals surface area contributed by atoms with Gasteiger partial charge in [0.25, 0.3) is 0 Å². The minimum Gasteiger partial charge on any atom is -0.353 e. The molecule has 1 aromatic carbocycles. The fourth-order valence-electron chi connectivity index (χ4n) is 2.92. The Morgan fingerprint density at radius 3 is 2.05 bits per heavy atom. The number of methoxy groups -OCH3 is 2. The lowest BCUT2D eigenvalue weighted by molar-refractivity contribution is -0.210. The third kappa shape index (κ3) is 5.69. The number of benzene rings is 1. The molecule has 1 rings (SSSR count). The molecule has 0 saturated heterocycles. The second kappa shape index (κ2) is 9.96. The van der Waals surface area contributed by atoms with E-state index in [-0.39, 0.29) is 11.7 Å². The molecule has 0 aromatic heterocycles. The van der Waals surface area contributed by atoms with Gasteiger partial charge in [-0.05, 0) is 31.0 Å². The summed E-state index contributed by atoms with van der Waals surface area (Å²) in [4.78, 5) is 0. The van der Waals surface area contributed by atoms with Crippen molar-refractivity contribution in [3.05, 3.63) is 35.6 Å². The van der Waals surface area contributed by atoms with Crippen molar-refractivity contribution in [2.45, 2.75) is 70.5 Å². The first-order valence-electron chi connectivity index (χ1n) is 8.43. The number of hydrogen-bond acceptors (Lipinski definition) is 2. The summed E-state index contributed by atoms with van der Waals surface area (Å²) in [6.45, 7) is 4.19. The molecule has 0 saturated carbocycles. The lowest BCUT2D eigenvalue weighted by atomic mass is 9.86. The molecule has 0 radical (unpaired) electrons. The average molecular weight is 310 g/mol. The largest absolute Gasteiger partial charge is 0.353 e. The average Bonchev–Trinajstić information content (AvgIpc) is 2.55. The van der Waals surface area contributed by atoms with Crippen LogP contribution in [0.4, 0.5) is 4.39 Å². The van der Waals surface area contributed by atoms with Gasteiger partial charge in [-0.3, -0.25) is 0 Å². The molecule has 3 heteroatoms. The first-order chi connectivity index (χ1) is 10.6. The zero-order valence-corrected chi connectivity index (χ0v) is 14.5. The second-order valence-electron chi connectivity index (χ2n) is 6.08. The molecular weight excluding hydrogens is 279 g/mol. The highest BCUT2D eigenvalue weighted by Gasteiger charge is 2.35. The van der Waals surface area contributed by atoms with Crippen molar-refractivity contribution in [2.75, 3.05) is 14.2 Å². The van der Waals surface area contributed by atoms with Crippen molar-refractivity contribution < 1.29 is 13.9 Å². The summed E-state index contributed by atoms with van der Waals surface area (Å²) in [5.41, 5.74) is 1.07. The normalized spacial score (nSPS) is 13.3. The first kappa shape index (κ1) is 19.1. The monoisotopic (exact) mass is 310 g/mol. The maximum Gasteiger partial charge on any atom is 0.171 e. The highest BCUT2D eigenvalue weighted by atomic mass is 19.1. The molecule has 0 spiro atoms. The van der Waals surface area contributed by atoms with Gasteiger partial charge in [0.2, 0.25) is 0 Å². The zero-order valence-electron chi connectivity index (χ0n) is 14.5. The molecule has 1 aromatic rings. The maximum absolute atomic E-state index is 13.2. The number of unbranched alkanes of at least 4 members (excludes halogenated alkanes) is 5. The molecule has 1 atom stereocenters. The summed E-state index contributed by atoms with van der Waals surface area (Å²) >= 11 is 0. The van der Waals surface area contributed by atoms with Gasteiger partial charge in [-0.1, -0.05) is 57.6 Å². The van der Waals surface area contributed by atoms with E-state index in [0.717, 1.165) is 18.4 Å². The van der Waals surface area contributed by atoms with E-state index < -0.39 is 5.79 Å². The summed E-state index contributed by atoms with van der Waals surface area (Å²) < 4.78 is 24.4. The third-order valence-electron chi connectivity index (χ3n) is 4.56. The van der Waals surface area contributed by atoms with Gasteiger partial charge in [0, 0.05) is 20.1 Å². The summed E-state index contributed by atoms with van der Waals surface area (Å²) in [7, 11) is 3.34. The molecule has 0 N–H and O–H groups in total. The van der Waals surface area contributed by atoms with Crippen LogP contribution in [0.2, 0.25) is 0 Å². The number of ether oxygens (including phenoxy) is 2. The Balaban J connectivity index is 2.69. The topological polar surface area (TPSA) is 18.5 Å². The molecule has 0 aliphatic carbocycles. The fraction of sp³-hybridized carbons (Fsp3) is 0.684. The summed E-state index contributed by atoms with van der Waals surface area (Å²) in [6, 6.07) is 6.70. The van der Waals surface area contributed by atoms with Gasteiger partial charge in [-0.2, -0.15) is 0 Å². The number of halogens is 1. The second-order valence-corrected chi connectivity index (χ2v) is 6.08. The van der Waals surface area contributed by atoms with Crippen LogP contribution in [0.25, 0.3) is 0 Å². The van der Waals surface area contributed by atoms with E-state index in [0.29, 0.717) is 0 Å². The fourth-order valence-corrected chi connectivity index (χ4v) is 2.92. The SMILES string of the molecule is CCCCCCCCC(c1ccc(F)cc1)C(C)(OC)OC. The Morgan fingerprint density at radius 1 is 0.955 bits per heavy atom. The van der Waals surface area contributed by atoms with Crippen LogP contribution in [0.1, 0.15) is 70.3 Å². The number of hydrogen-bond donors (Lipinski definition) is 0. The molecule has 0 bridgehead atoms. The quantitative estimate of drug-likeness (QED) is 0.387. The van der Waals surface area contributed by atoms with Crippen molar-refractivity contribution in [3.8, 4) is 0 Å². The van der Waals surface area contributed by atoms with Crippen molar-refractivity contribution in [1.82, 2.24) is 0 Å². The van der Waals surface area contributed by atoms with E-state index in [1.165, 1.54) is 44.2 Å². The van der Waals surface area contributed by atoms with Crippen LogP contribution in [0, 0.1) is 5.82 Å². The standard InChI is InChI=1S/C19H31FO2/c1-5-6-7-8-9-10-11-18(19(2,21-3)22-4)16-12-14-17(20)15-13-16/h12-15,18H,5-11H2,1-4H3. The Hall–Kier alpha value is -0.930. The van der Waals surface area contributed by atoms with E-state index in [1.54, 1.807) is 14.2 Å². The summed E-state index contributed by atoms with van der Waals surface area (Å²) in [6.07, 6.45) is 8.51. The summed E-state index contributed by atoms with van der Waals surface area (Å²) in [5, 5.41) is 0. The highest BCUT2D eigenvalue weighted by molar-refractivity contribution is 5.22. The van der Waals surface area contributed by atoms with Crippen molar-refractivity contribution in [3.63, 3.8) is 0 Å². The lowest BCUT2D eigenvalue weighted by Gasteiger charge is -2.35. The Labute approximate surface area is 135 Å². The number of rotatable bonds is 11. The van der Waals surface area contributed by atoms with Crippen LogP contribution in [-0.2, 0) is 9.47 Å². The van der Waals surface area contributed by atoms with Gasteiger partial charge >= 0.3 is 0 Å². The third-order valence-corrected chi connectivity index (χ3v) is 4.56. The van der Waals surface area contributed by atoms with Crippen LogP contribution in [0.3, 0.4) is 0 Å². The summed E-state index contributed by atoms with van der Waals surface area (Å²) in [5.74, 6) is -0.783. The van der Waals surface area contributed by atoms with Crippen LogP contribution in [0.15, 0.2) is 24.3 Å². The molecule has 0 aliphatic heterocycles. The molecule has 1 unspecified atom stereocenters. The van der Waals surface area contributed by atoms with Crippen molar-refractivity contribution in [1.29, 1.82) is 0 Å². The Morgan fingerprint density at radius 2 is 1.50 bits per heavy atom. The Bertz CT molecular complexity index is 398. The van der Waals surface area contributed by atoms with E-state index in [2.05, 4.69) is 6.92 Å². The van der Waals surface area contributed by atoms with Crippen molar-refractivity contribution >= 4 is 0 Å². The minimum absolute atomic E-state index is 0.106. The van der Waals surface area contributed by atoms with E-state index >= 15 is 0 Å². The van der Waals surface area contributed by atoms with Crippen molar-refractivity contribution in [2.24, 2.45) is 0 Å². The van der Waals surface area contributed by atoms with Gasteiger partial charge in [-0.15, -0.1) is 0 Å². The molecule has 2 nitrogen and oxygen atoms in total. The van der Waals surface area contributed by atoms with Crippen LogP contribution in [-0.4, -0.2) is 20.0 Å². The predicted octanol–water partition coefficient (Wildman–Crippen LogP) is 5.67. The minimum atomic E-state index is -0.679. The van der Waals surface area contributed by atoms with Gasteiger partial charge in [0.05, 0.1) is 0 Å². The molecule has 0 amide bonds. The van der Waals surface area contributed by atoms with Crippen LogP contribution < -0.4 is 0 Å². The predicted molar refractivity (Wildman–Crippen MR) is 89.6 cm³/mol. The lowest BCUT2D eigenvalue weighted by Crippen LogP contribution is -2.37. The molecule has 126 valence electrons. The highest BCUT2D eigenvalue weighted by Crippen LogP contribution is 2.36. The molecule has 0 fully saturated rings. The Kier molecular flexibility index (Phi) is 8.66. The molecule has 22 heavy (non-hydrogen) atoms. The van der Waals surface area contributed by atoms with E-state index in [1.807, 2.05) is 19.1 Å². The van der Waals surface area contributed by atoms with Crippen LogP contribution >= 0.6 is 0 Å². The van der Waals surface area contributed by atoms with E-state index in [9.17, 15) is 4.39 Å². The van der Waals surface area contributed by atoms with Gasteiger partial charge < -0.3 is 9.47 Å². The van der Waals surface area contributed by atoms with Gasteiger partial charge in [-0.25, -0.2) is 4.39 Å². The molecule has 0 heterocycles. The maximum atomic E-state index is 13.2. The van der Waals surface area contributed by atoms with E-state index in [4.69, 9.17) is 9.47 Å². The van der Waals surface area contributed by atoms with Gasteiger partial charge in [0.15, 0.2) is 5.79 Å². The first-order valence-corrected chi connectivity index (χ1v) is 8.43. The van der Waals surface area contributed by atoms with Crippen LogP contribution in [0.5, 0.6) is 0 Å². The molecular formula is C19H31FO2. The zero-order chi connectivity index (χ0) is 16.4. The molecule has 0 aliphatic rings. The van der Waals surface area contributed by atoms with Gasteiger partial charge in [0.1, 0.15) is 5.82 Å².